The molecule has 0 fully saturated rings. The van der Waals surface area contributed by atoms with E-state index in [0.717, 1.165) is 11.4 Å². The van der Waals surface area contributed by atoms with Gasteiger partial charge in [0.2, 0.25) is 5.13 Å². The Labute approximate surface area is 142 Å². The van der Waals surface area contributed by atoms with E-state index < -0.39 is 0 Å². The summed E-state index contributed by atoms with van der Waals surface area (Å²) < 4.78 is 6.90. The Morgan fingerprint density at radius 1 is 1.29 bits per heavy atom. The van der Waals surface area contributed by atoms with Crippen LogP contribution in [0.1, 0.15) is 28.1 Å². The Balaban J connectivity index is 1.88. The van der Waals surface area contributed by atoms with Crippen molar-refractivity contribution in [2.24, 2.45) is 0 Å². The summed E-state index contributed by atoms with van der Waals surface area (Å²) in [5.74, 6) is 0.279. The van der Waals surface area contributed by atoms with Crippen LogP contribution in [0.3, 0.4) is 0 Å². The van der Waals surface area contributed by atoms with Crippen molar-refractivity contribution in [3.8, 4) is 11.4 Å². The average molecular weight is 344 g/mol. The molecular formula is C15H16N6O2S. The molecule has 0 spiro atoms. The second-order valence-electron chi connectivity index (χ2n) is 4.92. The zero-order chi connectivity index (χ0) is 17.1. The highest BCUT2D eigenvalue weighted by molar-refractivity contribution is 7.15. The van der Waals surface area contributed by atoms with Gasteiger partial charge in [-0.05, 0) is 25.5 Å². The minimum atomic E-state index is -0.368. The van der Waals surface area contributed by atoms with Crippen molar-refractivity contribution in [1.82, 2.24) is 25.2 Å². The molecule has 0 aliphatic rings. The third-order valence-corrected chi connectivity index (χ3v) is 4.40. The first-order valence-electron chi connectivity index (χ1n) is 7.33. The molecule has 2 aromatic heterocycles. The van der Waals surface area contributed by atoms with Crippen LogP contribution in [0.5, 0.6) is 5.75 Å². The lowest BCUT2D eigenvalue weighted by Crippen LogP contribution is -2.14. The van der Waals surface area contributed by atoms with E-state index in [1.54, 1.807) is 18.7 Å². The molecule has 0 bridgehead atoms. The van der Waals surface area contributed by atoms with Crippen LogP contribution in [0.25, 0.3) is 5.69 Å². The molecule has 0 saturated heterocycles. The lowest BCUT2D eigenvalue weighted by atomic mass is 10.2. The number of aromatic nitrogens is 5. The molecule has 24 heavy (non-hydrogen) atoms. The van der Waals surface area contributed by atoms with E-state index in [1.165, 1.54) is 11.3 Å². The molecule has 1 aromatic carbocycles. The largest absolute Gasteiger partial charge is 0.494 e. The summed E-state index contributed by atoms with van der Waals surface area (Å²) in [7, 11) is 1.58. The summed E-state index contributed by atoms with van der Waals surface area (Å²) in [6.45, 7) is 3.76. The molecule has 3 aromatic rings. The predicted octanol–water partition coefficient (Wildman–Crippen LogP) is 2.25. The van der Waals surface area contributed by atoms with Crippen molar-refractivity contribution in [2.45, 2.75) is 20.3 Å². The van der Waals surface area contributed by atoms with Crippen molar-refractivity contribution >= 4 is 22.4 Å². The summed E-state index contributed by atoms with van der Waals surface area (Å²) in [5.41, 5.74) is 1.56. The van der Waals surface area contributed by atoms with Crippen LogP contribution in [0.2, 0.25) is 0 Å². The van der Waals surface area contributed by atoms with E-state index in [1.807, 2.05) is 31.2 Å². The molecule has 0 unspecified atom stereocenters. The third kappa shape index (κ3) is 2.98. The first kappa shape index (κ1) is 16.1. The molecule has 0 aliphatic carbocycles. The van der Waals surface area contributed by atoms with Crippen molar-refractivity contribution in [3.05, 3.63) is 40.7 Å². The van der Waals surface area contributed by atoms with Crippen molar-refractivity contribution < 1.29 is 9.53 Å². The van der Waals surface area contributed by atoms with Gasteiger partial charge in [-0.1, -0.05) is 35.6 Å². The lowest BCUT2D eigenvalue weighted by molar-refractivity contribution is 0.102. The van der Waals surface area contributed by atoms with Crippen molar-refractivity contribution in [3.63, 3.8) is 0 Å². The SMILES string of the molecule is CCc1nnc(NC(=O)c2nnn(-c3ccccc3OC)c2C)s1. The van der Waals surface area contributed by atoms with Crippen LogP contribution >= 0.6 is 11.3 Å². The van der Waals surface area contributed by atoms with Gasteiger partial charge in [0.25, 0.3) is 5.91 Å². The number of hydrogen-bond acceptors (Lipinski definition) is 7. The maximum atomic E-state index is 12.4. The number of ether oxygens (including phenoxy) is 1. The highest BCUT2D eigenvalue weighted by Crippen LogP contribution is 2.23. The maximum absolute atomic E-state index is 12.4. The highest BCUT2D eigenvalue weighted by Gasteiger charge is 2.20. The summed E-state index contributed by atoms with van der Waals surface area (Å²) in [4.78, 5) is 12.4. The van der Waals surface area contributed by atoms with Crippen LogP contribution in [0, 0.1) is 6.92 Å². The van der Waals surface area contributed by atoms with Crippen LogP contribution in [-0.4, -0.2) is 38.2 Å². The zero-order valence-electron chi connectivity index (χ0n) is 13.5. The average Bonchev–Trinajstić information content (AvgIpc) is 3.21. The number of anilines is 1. The fourth-order valence-electron chi connectivity index (χ4n) is 2.18. The number of carbonyl (C=O) groups is 1. The van der Waals surface area contributed by atoms with Gasteiger partial charge in [0.15, 0.2) is 5.69 Å². The van der Waals surface area contributed by atoms with Gasteiger partial charge in [-0.3, -0.25) is 10.1 Å². The highest BCUT2D eigenvalue weighted by atomic mass is 32.1. The second-order valence-corrected chi connectivity index (χ2v) is 5.98. The van der Waals surface area contributed by atoms with Gasteiger partial charge in [-0.15, -0.1) is 15.3 Å². The number of carbonyl (C=O) groups excluding carboxylic acids is 1. The molecule has 9 heteroatoms. The van der Waals surface area contributed by atoms with Crippen LogP contribution in [0.4, 0.5) is 5.13 Å². The van der Waals surface area contributed by atoms with E-state index in [9.17, 15) is 4.79 Å². The Morgan fingerprint density at radius 2 is 2.08 bits per heavy atom. The Kier molecular flexibility index (Phi) is 4.52. The first-order chi connectivity index (χ1) is 11.6. The van der Waals surface area contributed by atoms with E-state index in [2.05, 4.69) is 25.8 Å². The van der Waals surface area contributed by atoms with Crippen LogP contribution in [-0.2, 0) is 6.42 Å². The fourth-order valence-corrected chi connectivity index (χ4v) is 2.85. The quantitative estimate of drug-likeness (QED) is 0.763. The predicted molar refractivity (Wildman–Crippen MR) is 89.9 cm³/mol. The van der Waals surface area contributed by atoms with E-state index in [4.69, 9.17) is 4.74 Å². The molecule has 1 amide bonds. The zero-order valence-corrected chi connectivity index (χ0v) is 14.3. The molecule has 0 radical (unpaired) electrons. The molecule has 0 aliphatic heterocycles. The summed E-state index contributed by atoms with van der Waals surface area (Å²) in [5, 5.41) is 20.0. The van der Waals surface area contributed by atoms with E-state index >= 15 is 0 Å². The molecule has 0 atom stereocenters. The molecule has 0 saturated carbocycles. The summed E-state index contributed by atoms with van der Waals surface area (Å²) in [6, 6.07) is 7.40. The van der Waals surface area contributed by atoms with Gasteiger partial charge >= 0.3 is 0 Å². The molecule has 1 N–H and O–H groups in total. The Bertz CT molecular complexity index is 872. The summed E-state index contributed by atoms with van der Waals surface area (Å²) in [6.07, 6.45) is 0.774. The molecule has 124 valence electrons. The summed E-state index contributed by atoms with van der Waals surface area (Å²) >= 11 is 1.34. The number of nitrogens with zero attached hydrogens (tertiary/aromatic N) is 5. The van der Waals surface area contributed by atoms with Gasteiger partial charge in [0.05, 0.1) is 12.8 Å². The molecule has 8 nitrogen and oxygen atoms in total. The van der Waals surface area contributed by atoms with Crippen LogP contribution < -0.4 is 10.1 Å². The van der Waals surface area contributed by atoms with E-state index in [0.29, 0.717) is 22.3 Å². The minimum Gasteiger partial charge on any atom is -0.494 e. The molecule has 2 heterocycles. The third-order valence-electron chi connectivity index (χ3n) is 3.41. The number of methoxy groups -OCH3 is 1. The van der Waals surface area contributed by atoms with Gasteiger partial charge in [-0.25, -0.2) is 4.68 Å². The topological polar surface area (TPSA) is 94.8 Å². The molecule has 3 rings (SSSR count). The van der Waals surface area contributed by atoms with Gasteiger partial charge < -0.3 is 4.74 Å². The number of aryl methyl sites for hydroxylation is 1. The first-order valence-corrected chi connectivity index (χ1v) is 8.15. The fraction of sp³-hybridized carbons (Fsp3) is 0.267. The van der Waals surface area contributed by atoms with Crippen LogP contribution in [0.15, 0.2) is 24.3 Å². The van der Waals surface area contributed by atoms with Crippen molar-refractivity contribution in [1.29, 1.82) is 0 Å². The monoisotopic (exact) mass is 344 g/mol. The number of hydrogen-bond donors (Lipinski definition) is 1. The van der Waals surface area contributed by atoms with Gasteiger partial charge in [-0.2, -0.15) is 0 Å². The van der Waals surface area contributed by atoms with Gasteiger partial charge in [0, 0.05) is 0 Å². The lowest BCUT2D eigenvalue weighted by Gasteiger charge is -2.08. The number of amides is 1. The normalized spacial score (nSPS) is 10.6. The second kappa shape index (κ2) is 6.75. The van der Waals surface area contributed by atoms with E-state index in [-0.39, 0.29) is 11.6 Å². The maximum Gasteiger partial charge on any atom is 0.279 e. The minimum absolute atomic E-state index is 0.231. The smallest absolute Gasteiger partial charge is 0.279 e. The Hall–Kier alpha value is -2.81. The number of para-hydroxylation sites is 2. The van der Waals surface area contributed by atoms with Crippen molar-refractivity contribution in [2.75, 3.05) is 12.4 Å². The number of benzene rings is 1. The Morgan fingerprint density at radius 3 is 2.79 bits per heavy atom. The molecular weight excluding hydrogens is 328 g/mol. The number of nitrogens with one attached hydrogen (secondary N) is 1. The standard InChI is InChI=1S/C15H16N6O2S/c1-4-12-17-19-15(24-12)16-14(22)13-9(2)21(20-18-13)10-7-5-6-8-11(10)23-3/h5-8H,4H2,1-3H3,(H,16,19,22). The number of rotatable bonds is 5. The van der Waals surface area contributed by atoms with Gasteiger partial charge in [0.1, 0.15) is 16.4 Å².